The van der Waals surface area contributed by atoms with Gasteiger partial charge in [0, 0.05) is 6.54 Å². The fourth-order valence-corrected chi connectivity index (χ4v) is 2.26. The molecule has 1 spiro atoms. The largest absolute Gasteiger partial charge is 0.445 e. The summed E-state index contributed by atoms with van der Waals surface area (Å²) in [4.78, 5) is 13.6. The molecule has 0 saturated carbocycles. The smallest absolute Gasteiger partial charge is 0.410 e. The van der Waals surface area contributed by atoms with Crippen LogP contribution in [0.15, 0.2) is 30.3 Å². The van der Waals surface area contributed by atoms with Gasteiger partial charge in [0.25, 0.3) is 0 Å². The lowest BCUT2D eigenvalue weighted by molar-refractivity contribution is -0.178. The van der Waals surface area contributed by atoms with Crippen molar-refractivity contribution in [1.29, 1.82) is 0 Å². The van der Waals surface area contributed by atoms with Crippen molar-refractivity contribution in [3.05, 3.63) is 35.9 Å². The number of carbonyl (C=O) groups excluding carboxylic acids is 1. The molecule has 4 nitrogen and oxygen atoms in total. The Labute approximate surface area is 100 Å². The number of carbonyl (C=O) groups is 1. The molecule has 2 heterocycles. The lowest BCUT2D eigenvalue weighted by Gasteiger charge is -2.56. The number of nitrogens with zero attached hydrogens (tertiary/aromatic N) is 1. The van der Waals surface area contributed by atoms with E-state index in [0.29, 0.717) is 19.8 Å². The Hall–Kier alpha value is -1.55. The van der Waals surface area contributed by atoms with Gasteiger partial charge in [0.2, 0.25) is 0 Å². The number of amides is 1. The summed E-state index contributed by atoms with van der Waals surface area (Å²) in [6.45, 7) is 2.45. The molecule has 4 heteroatoms. The Morgan fingerprint density at radius 1 is 1.35 bits per heavy atom. The van der Waals surface area contributed by atoms with Crippen LogP contribution in [0.5, 0.6) is 0 Å². The molecule has 0 N–H and O–H groups in total. The van der Waals surface area contributed by atoms with E-state index in [9.17, 15) is 4.79 Å². The zero-order valence-corrected chi connectivity index (χ0v) is 9.59. The van der Waals surface area contributed by atoms with Crippen molar-refractivity contribution in [3.8, 4) is 0 Å². The third-order valence-electron chi connectivity index (χ3n) is 3.54. The van der Waals surface area contributed by atoms with Gasteiger partial charge in [-0.15, -0.1) is 0 Å². The number of ether oxygens (including phenoxy) is 2. The fraction of sp³-hybridized carbons (Fsp3) is 0.462. The second-order valence-electron chi connectivity index (χ2n) is 4.66. The Balaban J connectivity index is 1.54. The first-order valence-corrected chi connectivity index (χ1v) is 5.86. The summed E-state index contributed by atoms with van der Waals surface area (Å²) in [7, 11) is 0. The van der Waals surface area contributed by atoms with Crippen LogP contribution in [0.1, 0.15) is 12.0 Å². The van der Waals surface area contributed by atoms with Gasteiger partial charge in [-0.25, -0.2) is 4.79 Å². The quantitative estimate of drug-likeness (QED) is 0.781. The maximum absolute atomic E-state index is 11.9. The topological polar surface area (TPSA) is 38.8 Å². The Morgan fingerprint density at radius 2 is 2.12 bits per heavy atom. The molecule has 2 saturated heterocycles. The van der Waals surface area contributed by atoms with Crippen molar-refractivity contribution in [3.63, 3.8) is 0 Å². The molecule has 0 unspecified atom stereocenters. The molecule has 0 bridgehead atoms. The average Bonchev–Trinajstić information content (AvgIpc) is 2.24. The van der Waals surface area contributed by atoms with E-state index in [1.54, 1.807) is 4.90 Å². The zero-order valence-electron chi connectivity index (χ0n) is 9.59. The van der Waals surface area contributed by atoms with Crippen molar-refractivity contribution in [1.82, 2.24) is 4.90 Å². The van der Waals surface area contributed by atoms with Crippen molar-refractivity contribution in [2.24, 2.45) is 0 Å². The van der Waals surface area contributed by atoms with Gasteiger partial charge in [-0.2, -0.15) is 0 Å². The molecule has 17 heavy (non-hydrogen) atoms. The lowest BCUT2D eigenvalue weighted by Crippen LogP contribution is -2.72. The van der Waals surface area contributed by atoms with Crippen LogP contribution in [-0.4, -0.2) is 36.3 Å². The molecule has 0 aliphatic carbocycles. The molecule has 90 valence electrons. The summed E-state index contributed by atoms with van der Waals surface area (Å²) < 4.78 is 10.5. The zero-order chi connectivity index (χ0) is 11.7. The first kappa shape index (κ1) is 10.6. The molecule has 0 atom stereocenters. The third-order valence-corrected chi connectivity index (χ3v) is 3.54. The van der Waals surface area contributed by atoms with Gasteiger partial charge in [0.15, 0.2) is 0 Å². The lowest BCUT2D eigenvalue weighted by atomic mass is 9.83. The van der Waals surface area contributed by atoms with Gasteiger partial charge in [0.05, 0.1) is 18.8 Å². The molecule has 3 rings (SSSR count). The van der Waals surface area contributed by atoms with E-state index in [1.165, 1.54) is 0 Å². The number of benzene rings is 1. The van der Waals surface area contributed by atoms with Crippen molar-refractivity contribution in [2.45, 2.75) is 18.6 Å². The molecule has 2 fully saturated rings. The van der Waals surface area contributed by atoms with E-state index >= 15 is 0 Å². The van der Waals surface area contributed by atoms with Crippen LogP contribution in [0.2, 0.25) is 0 Å². The van der Waals surface area contributed by atoms with E-state index in [0.717, 1.165) is 18.5 Å². The summed E-state index contributed by atoms with van der Waals surface area (Å²) in [6.07, 6.45) is 0.816. The van der Waals surface area contributed by atoms with Gasteiger partial charge >= 0.3 is 6.09 Å². The third kappa shape index (κ3) is 1.78. The SMILES string of the molecule is O=C(OCc1ccccc1)N1CCC12COC2. The summed E-state index contributed by atoms with van der Waals surface area (Å²) in [5.41, 5.74) is 0.980. The molecular weight excluding hydrogens is 218 g/mol. The van der Waals surface area contributed by atoms with Crippen LogP contribution in [-0.2, 0) is 16.1 Å². The Kier molecular flexibility index (Phi) is 2.52. The molecular formula is C13H15NO3. The minimum Gasteiger partial charge on any atom is -0.445 e. The van der Waals surface area contributed by atoms with Gasteiger partial charge < -0.3 is 9.47 Å². The van der Waals surface area contributed by atoms with Crippen molar-refractivity contribution >= 4 is 6.09 Å². The van der Waals surface area contributed by atoms with Gasteiger partial charge in [0.1, 0.15) is 6.61 Å². The number of likely N-dealkylation sites (tertiary alicyclic amines) is 1. The van der Waals surface area contributed by atoms with Crippen LogP contribution in [0.25, 0.3) is 0 Å². The van der Waals surface area contributed by atoms with Crippen LogP contribution >= 0.6 is 0 Å². The summed E-state index contributed by atoms with van der Waals surface area (Å²) in [5.74, 6) is 0. The molecule has 0 aromatic heterocycles. The van der Waals surface area contributed by atoms with Crippen LogP contribution < -0.4 is 0 Å². The maximum atomic E-state index is 11.9. The Morgan fingerprint density at radius 3 is 2.65 bits per heavy atom. The highest BCUT2D eigenvalue weighted by atomic mass is 16.6. The van der Waals surface area contributed by atoms with Crippen LogP contribution in [0.3, 0.4) is 0 Å². The van der Waals surface area contributed by atoms with Gasteiger partial charge in [-0.1, -0.05) is 30.3 Å². The van der Waals surface area contributed by atoms with Crippen molar-refractivity contribution in [2.75, 3.05) is 19.8 Å². The Bertz CT molecular complexity index is 408. The average molecular weight is 233 g/mol. The molecule has 0 radical (unpaired) electrons. The normalized spacial score (nSPS) is 20.6. The molecule has 1 aromatic carbocycles. The molecule has 2 aliphatic rings. The van der Waals surface area contributed by atoms with Crippen LogP contribution in [0.4, 0.5) is 4.79 Å². The minimum atomic E-state index is -0.219. The summed E-state index contributed by atoms with van der Waals surface area (Å²) in [5, 5.41) is 0. The molecule has 1 aromatic rings. The maximum Gasteiger partial charge on any atom is 0.410 e. The van der Waals surface area contributed by atoms with E-state index < -0.39 is 0 Å². The van der Waals surface area contributed by atoms with E-state index in [2.05, 4.69) is 0 Å². The summed E-state index contributed by atoms with van der Waals surface area (Å²) in [6, 6.07) is 9.72. The van der Waals surface area contributed by atoms with E-state index in [1.807, 2.05) is 30.3 Å². The highest BCUT2D eigenvalue weighted by molar-refractivity contribution is 5.70. The second kappa shape index (κ2) is 4.04. The molecule has 1 amide bonds. The fourth-order valence-electron chi connectivity index (χ4n) is 2.26. The number of rotatable bonds is 2. The van der Waals surface area contributed by atoms with Crippen LogP contribution in [0, 0.1) is 0 Å². The second-order valence-corrected chi connectivity index (χ2v) is 4.66. The predicted octanol–water partition coefficient (Wildman–Crippen LogP) is 1.80. The highest BCUT2D eigenvalue weighted by Gasteiger charge is 2.53. The number of hydrogen-bond donors (Lipinski definition) is 0. The molecule has 2 aliphatic heterocycles. The van der Waals surface area contributed by atoms with Gasteiger partial charge in [-0.05, 0) is 12.0 Å². The van der Waals surface area contributed by atoms with Crippen molar-refractivity contribution < 1.29 is 14.3 Å². The first-order valence-electron chi connectivity index (χ1n) is 5.86. The van der Waals surface area contributed by atoms with Gasteiger partial charge in [-0.3, -0.25) is 4.90 Å². The summed E-state index contributed by atoms with van der Waals surface area (Å²) >= 11 is 0. The first-order chi connectivity index (χ1) is 8.30. The van der Waals surface area contributed by atoms with E-state index in [-0.39, 0.29) is 11.6 Å². The van der Waals surface area contributed by atoms with E-state index in [4.69, 9.17) is 9.47 Å². The number of hydrogen-bond acceptors (Lipinski definition) is 3. The predicted molar refractivity (Wildman–Crippen MR) is 61.5 cm³/mol. The highest BCUT2D eigenvalue weighted by Crippen LogP contribution is 2.37. The standard InChI is InChI=1S/C13H15NO3/c15-12(14-7-6-13(14)9-16-10-13)17-8-11-4-2-1-3-5-11/h1-5H,6-10H2. The monoisotopic (exact) mass is 233 g/mol. The minimum absolute atomic E-state index is 0.0340.